The van der Waals surface area contributed by atoms with Crippen LogP contribution in [0.4, 0.5) is 0 Å². The molecule has 0 saturated carbocycles. The minimum Gasteiger partial charge on any atom is -0.374 e. The Kier molecular flexibility index (Phi) is 3.85. The zero-order valence-electron chi connectivity index (χ0n) is 10.8. The first-order chi connectivity index (χ1) is 9.01. The summed E-state index contributed by atoms with van der Waals surface area (Å²) >= 11 is 0. The molecule has 1 fully saturated rings. The second kappa shape index (κ2) is 5.40. The molecule has 1 saturated heterocycles. The SMILES string of the molecule is C=C1CC(O)([N+](=O)[O-])CCN1CCc1ccccc1. The molecule has 5 nitrogen and oxygen atoms in total. The van der Waals surface area contributed by atoms with Crippen LogP contribution in [-0.4, -0.2) is 33.7 Å². The van der Waals surface area contributed by atoms with Crippen molar-refractivity contribution in [1.82, 2.24) is 4.90 Å². The Morgan fingerprint density at radius 3 is 2.68 bits per heavy atom. The molecule has 1 N–H and O–H groups in total. The zero-order chi connectivity index (χ0) is 13.9. The number of hydrogen-bond donors (Lipinski definition) is 1. The maximum Gasteiger partial charge on any atom is 0.329 e. The van der Waals surface area contributed by atoms with Gasteiger partial charge in [0.25, 0.3) is 0 Å². The summed E-state index contributed by atoms with van der Waals surface area (Å²) in [6.07, 6.45) is 1.03. The minimum absolute atomic E-state index is 0.00872. The van der Waals surface area contributed by atoms with Crippen LogP contribution in [-0.2, 0) is 6.42 Å². The molecule has 5 heteroatoms. The lowest BCUT2D eigenvalue weighted by molar-refractivity contribution is -0.627. The number of nitro groups is 1. The van der Waals surface area contributed by atoms with E-state index in [4.69, 9.17) is 0 Å². The fourth-order valence-electron chi connectivity index (χ4n) is 2.33. The van der Waals surface area contributed by atoms with Gasteiger partial charge in [-0.1, -0.05) is 36.9 Å². The Bertz CT molecular complexity index is 475. The first-order valence-electron chi connectivity index (χ1n) is 6.35. The van der Waals surface area contributed by atoms with Gasteiger partial charge in [-0.05, 0) is 12.0 Å². The van der Waals surface area contributed by atoms with Gasteiger partial charge in [-0.25, -0.2) is 0 Å². The summed E-state index contributed by atoms with van der Waals surface area (Å²) in [5.41, 5.74) is 0.0344. The predicted octanol–water partition coefficient (Wildman–Crippen LogP) is 1.80. The Hall–Kier alpha value is -1.88. The van der Waals surface area contributed by atoms with E-state index < -0.39 is 10.6 Å². The maximum absolute atomic E-state index is 10.8. The fourth-order valence-corrected chi connectivity index (χ4v) is 2.33. The van der Waals surface area contributed by atoms with Gasteiger partial charge < -0.3 is 10.0 Å². The number of likely N-dealkylation sites (tertiary alicyclic amines) is 1. The topological polar surface area (TPSA) is 66.6 Å². The molecule has 1 unspecified atom stereocenters. The summed E-state index contributed by atoms with van der Waals surface area (Å²) in [6, 6.07) is 10.1. The Balaban J connectivity index is 1.91. The summed E-state index contributed by atoms with van der Waals surface area (Å²) in [7, 11) is 0. The van der Waals surface area contributed by atoms with E-state index in [1.165, 1.54) is 5.56 Å². The molecule has 1 heterocycles. The number of rotatable bonds is 4. The maximum atomic E-state index is 10.8. The van der Waals surface area contributed by atoms with Crippen LogP contribution in [0, 0.1) is 10.1 Å². The highest BCUT2D eigenvalue weighted by Gasteiger charge is 2.44. The Morgan fingerprint density at radius 1 is 1.42 bits per heavy atom. The van der Waals surface area contributed by atoms with Gasteiger partial charge in [0.15, 0.2) is 0 Å². The smallest absolute Gasteiger partial charge is 0.329 e. The van der Waals surface area contributed by atoms with Gasteiger partial charge in [0.05, 0.1) is 17.8 Å². The largest absolute Gasteiger partial charge is 0.374 e. The van der Waals surface area contributed by atoms with Gasteiger partial charge in [-0.2, -0.15) is 0 Å². The zero-order valence-corrected chi connectivity index (χ0v) is 10.8. The predicted molar refractivity (Wildman–Crippen MR) is 72.0 cm³/mol. The van der Waals surface area contributed by atoms with Crippen molar-refractivity contribution in [3.05, 3.63) is 58.3 Å². The lowest BCUT2D eigenvalue weighted by Gasteiger charge is -2.35. The van der Waals surface area contributed by atoms with Crippen LogP contribution < -0.4 is 0 Å². The van der Waals surface area contributed by atoms with Gasteiger partial charge in [0.2, 0.25) is 0 Å². The molecule has 1 aromatic carbocycles. The Morgan fingerprint density at radius 2 is 2.11 bits per heavy atom. The van der Waals surface area contributed by atoms with Crippen LogP contribution in [0.3, 0.4) is 0 Å². The summed E-state index contributed by atoms with van der Waals surface area (Å²) in [4.78, 5) is 12.2. The van der Waals surface area contributed by atoms with E-state index in [1.807, 2.05) is 23.1 Å². The molecule has 0 radical (unpaired) electrons. The number of piperidine rings is 1. The van der Waals surface area contributed by atoms with E-state index in [-0.39, 0.29) is 12.8 Å². The number of aliphatic hydroxyl groups is 1. The van der Waals surface area contributed by atoms with E-state index in [1.54, 1.807) is 0 Å². The molecule has 2 rings (SSSR count). The molecule has 19 heavy (non-hydrogen) atoms. The molecule has 0 bridgehead atoms. The molecule has 1 aromatic rings. The van der Waals surface area contributed by atoms with E-state index in [2.05, 4.69) is 18.7 Å². The average molecular weight is 262 g/mol. The number of benzene rings is 1. The third-order valence-corrected chi connectivity index (χ3v) is 3.57. The number of nitrogens with zero attached hydrogens (tertiary/aromatic N) is 2. The third-order valence-electron chi connectivity index (χ3n) is 3.57. The number of hydrogen-bond acceptors (Lipinski definition) is 4. The molecular formula is C14H18N2O3. The monoisotopic (exact) mass is 262 g/mol. The highest BCUT2D eigenvalue weighted by atomic mass is 16.7. The van der Waals surface area contributed by atoms with Gasteiger partial charge in [-0.15, -0.1) is 0 Å². The molecule has 1 aliphatic rings. The van der Waals surface area contributed by atoms with Gasteiger partial charge in [0.1, 0.15) is 0 Å². The molecule has 0 spiro atoms. The summed E-state index contributed by atoms with van der Waals surface area (Å²) in [5.74, 6) is 0. The van der Waals surface area contributed by atoms with Crippen LogP contribution in [0.15, 0.2) is 42.6 Å². The van der Waals surface area contributed by atoms with Crippen LogP contribution in [0.25, 0.3) is 0 Å². The molecule has 0 aromatic heterocycles. The lowest BCUT2D eigenvalue weighted by atomic mass is 9.98. The second-order valence-electron chi connectivity index (χ2n) is 4.96. The van der Waals surface area contributed by atoms with Gasteiger partial charge >= 0.3 is 5.72 Å². The standard InChI is InChI=1S/C14H18N2O3/c1-12-11-14(17,16(18)19)8-10-15(12)9-7-13-5-3-2-4-6-13/h2-6,17H,1,7-11H2. The van der Waals surface area contributed by atoms with Crippen molar-refractivity contribution in [3.63, 3.8) is 0 Å². The van der Waals surface area contributed by atoms with Crippen molar-refractivity contribution >= 4 is 0 Å². The van der Waals surface area contributed by atoms with Gasteiger partial charge in [0, 0.05) is 18.8 Å². The minimum atomic E-state index is -1.83. The second-order valence-corrected chi connectivity index (χ2v) is 4.96. The van der Waals surface area contributed by atoms with Crippen molar-refractivity contribution < 1.29 is 10.0 Å². The molecule has 1 atom stereocenters. The quantitative estimate of drug-likeness (QED) is 0.510. The molecule has 0 amide bonds. The van der Waals surface area contributed by atoms with E-state index in [0.29, 0.717) is 12.2 Å². The highest BCUT2D eigenvalue weighted by molar-refractivity contribution is 5.15. The summed E-state index contributed by atoms with van der Waals surface area (Å²) < 4.78 is 0. The Labute approximate surface area is 112 Å². The van der Waals surface area contributed by atoms with Crippen molar-refractivity contribution in [2.45, 2.75) is 25.0 Å². The fraction of sp³-hybridized carbons (Fsp3) is 0.429. The summed E-state index contributed by atoms with van der Waals surface area (Å²) in [5, 5.41) is 20.6. The lowest BCUT2D eigenvalue weighted by Crippen LogP contribution is -2.48. The first-order valence-corrected chi connectivity index (χ1v) is 6.35. The summed E-state index contributed by atoms with van der Waals surface area (Å²) in [6.45, 7) is 5.10. The first kappa shape index (κ1) is 13.5. The molecular weight excluding hydrogens is 244 g/mol. The van der Waals surface area contributed by atoms with E-state index >= 15 is 0 Å². The van der Waals surface area contributed by atoms with Crippen LogP contribution in [0.5, 0.6) is 0 Å². The average Bonchev–Trinajstić information content (AvgIpc) is 2.39. The van der Waals surface area contributed by atoms with E-state index in [9.17, 15) is 15.2 Å². The van der Waals surface area contributed by atoms with Crippen molar-refractivity contribution in [2.75, 3.05) is 13.1 Å². The highest BCUT2D eigenvalue weighted by Crippen LogP contribution is 2.28. The molecule has 1 aliphatic heterocycles. The van der Waals surface area contributed by atoms with Crippen LogP contribution >= 0.6 is 0 Å². The van der Waals surface area contributed by atoms with Crippen LogP contribution in [0.1, 0.15) is 18.4 Å². The van der Waals surface area contributed by atoms with E-state index in [0.717, 1.165) is 13.0 Å². The third kappa shape index (κ3) is 3.12. The normalized spacial score (nSPS) is 23.4. The van der Waals surface area contributed by atoms with Crippen LogP contribution in [0.2, 0.25) is 0 Å². The van der Waals surface area contributed by atoms with Crippen molar-refractivity contribution in [1.29, 1.82) is 0 Å². The molecule has 102 valence electrons. The van der Waals surface area contributed by atoms with Crippen molar-refractivity contribution in [3.8, 4) is 0 Å². The van der Waals surface area contributed by atoms with Crippen molar-refractivity contribution in [2.24, 2.45) is 0 Å². The van der Waals surface area contributed by atoms with Gasteiger partial charge in [-0.3, -0.25) is 10.1 Å². The molecule has 0 aliphatic carbocycles.